The lowest BCUT2D eigenvalue weighted by molar-refractivity contribution is -0.164. The van der Waals surface area contributed by atoms with E-state index >= 15 is 0 Å². The maximum absolute atomic E-state index is 13.6. The molecule has 2 aromatic carbocycles. The predicted molar refractivity (Wildman–Crippen MR) is 104 cm³/mol. The Balaban J connectivity index is 1.95. The van der Waals surface area contributed by atoms with Crippen LogP contribution in [0.4, 0.5) is 17.6 Å². The van der Waals surface area contributed by atoms with Crippen LogP contribution in [0.2, 0.25) is 0 Å². The highest BCUT2D eigenvalue weighted by Crippen LogP contribution is 2.45. The summed E-state index contributed by atoms with van der Waals surface area (Å²) in [5, 5.41) is -4.62. The van der Waals surface area contributed by atoms with Gasteiger partial charge in [-0.3, -0.25) is 0 Å². The second-order valence-corrected chi connectivity index (χ2v) is 7.34. The van der Waals surface area contributed by atoms with E-state index < -0.39 is 16.9 Å². The van der Waals surface area contributed by atoms with Crippen molar-refractivity contribution in [3.63, 3.8) is 0 Å². The van der Waals surface area contributed by atoms with Crippen LogP contribution in [0.15, 0.2) is 48.5 Å². The third kappa shape index (κ3) is 5.97. The van der Waals surface area contributed by atoms with Crippen LogP contribution in [0, 0.1) is 0 Å². The van der Waals surface area contributed by atoms with Gasteiger partial charge < -0.3 is 0 Å². The molecule has 0 amide bonds. The SMILES string of the molecule is CCCCCCCCc1ccc(-c2ccc(C(F)(F)C(F)(F)Cl)cc2)cc1. The highest BCUT2D eigenvalue weighted by molar-refractivity contribution is 6.22. The molecule has 0 aliphatic rings. The molecular weight excluding hydrogens is 376 g/mol. The van der Waals surface area contributed by atoms with E-state index in [0.717, 1.165) is 30.5 Å². The molecule has 0 aromatic heterocycles. The minimum absolute atomic E-state index is 0.693. The van der Waals surface area contributed by atoms with Crippen LogP contribution < -0.4 is 0 Å². The quantitative estimate of drug-likeness (QED) is 0.214. The first-order valence-corrected chi connectivity index (χ1v) is 9.78. The minimum atomic E-state index is -4.62. The number of hydrogen-bond donors (Lipinski definition) is 0. The third-order valence-corrected chi connectivity index (χ3v) is 4.95. The van der Waals surface area contributed by atoms with Gasteiger partial charge in [0.1, 0.15) is 0 Å². The smallest absolute Gasteiger partial charge is 0.193 e. The van der Waals surface area contributed by atoms with Gasteiger partial charge in [-0.25, -0.2) is 0 Å². The van der Waals surface area contributed by atoms with Gasteiger partial charge in [0.25, 0.3) is 0 Å². The maximum Gasteiger partial charge on any atom is 0.388 e. The van der Waals surface area contributed by atoms with E-state index in [1.54, 1.807) is 0 Å². The fourth-order valence-electron chi connectivity index (χ4n) is 3.01. The average molecular weight is 401 g/mol. The molecule has 0 unspecified atom stereocenters. The average Bonchev–Trinajstić information content (AvgIpc) is 2.64. The van der Waals surface area contributed by atoms with E-state index in [2.05, 4.69) is 18.5 Å². The van der Waals surface area contributed by atoms with Crippen molar-refractivity contribution in [2.24, 2.45) is 0 Å². The number of aryl methyl sites for hydroxylation is 1. The lowest BCUT2D eigenvalue weighted by Gasteiger charge is -2.21. The minimum Gasteiger partial charge on any atom is -0.193 e. The number of hydrogen-bond acceptors (Lipinski definition) is 0. The summed E-state index contributed by atoms with van der Waals surface area (Å²) in [6.45, 7) is 2.20. The van der Waals surface area contributed by atoms with Crippen molar-refractivity contribution in [1.82, 2.24) is 0 Å². The van der Waals surface area contributed by atoms with Crippen molar-refractivity contribution >= 4 is 11.6 Å². The molecule has 2 aromatic rings. The first-order valence-electron chi connectivity index (χ1n) is 9.40. The molecule has 0 saturated carbocycles. The molecule has 0 fully saturated rings. The molecular formula is C22H25ClF4. The van der Waals surface area contributed by atoms with Gasteiger partial charge in [-0.15, -0.1) is 0 Å². The van der Waals surface area contributed by atoms with Crippen LogP contribution >= 0.6 is 11.6 Å². The third-order valence-electron chi connectivity index (χ3n) is 4.71. The van der Waals surface area contributed by atoms with Crippen molar-refractivity contribution < 1.29 is 17.6 Å². The number of alkyl halides is 5. The van der Waals surface area contributed by atoms with Gasteiger partial charge in [0.05, 0.1) is 0 Å². The second kappa shape index (κ2) is 9.59. The molecule has 0 heterocycles. The monoisotopic (exact) mass is 400 g/mol. The molecule has 2 rings (SSSR count). The zero-order valence-electron chi connectivity index (χ0n) is 15.5. The van der Waals surface area contributed by atoms with Gasteiger partial charge >= 0.3 is 11.3 Å². The topological polar surface area (TPSA) is 0 Å². The van der Waals surface area contributed by atoms with Crippen LogP contribution in [0.1, 0.15) is 56.6 Å². The normalized spacial score (nSPS) is 12.4. The van der Waals surface area contributed by atoms with Gasteiger partial charge in [-0.05, 0) is 41.1 Å². The summed E-state index contributed by atoms with van der Waals surface area (Å²) in [5.41, 5.74) is 1.98. The molecule has 0 N–H and O–H groups in total. The maximum atomic E-state index is 13.6. The van der Waals surface area contributed by atoms with Crippen molar-refractivity contribution in [2.75, 3.05) is 0 Å². The highest BCUT2D eigenvalue weighted by Gasteiger charge is 2.56. The van der Waals surface area contributed by atoms with Crippen molar-refractivity contribution in [3.8, 4) is 11.1 Å². The molecule has 0 nitrogen and oxygen atoms in total. The highest BCUT2D eigenvalue weighted by atomic mass is 35.5. The fourth-order valence-corrected chi connectivity index (χ4v) is 3.12. The first-order chi connectivity index (χ1) is 12.8. The van der Waals surface area contributed by atoms with E-state index in [0.29, 0.717) is 5.56 Å². The summed E-state index contributed by atoms with van der Waals surface area (Å²) >= 11 is 4.53. The van der Waals surface area contributed by atoms with Gasteiger partial charge in [-0.1, -0.05) is 87.6 Å². The molecule has 0 aliphatic carbocycles. The van der Waals surface area contributed by atoms with Crippen molar-refractivity contribution in [1.29, 1.82) is 0 Å². The van der Waals surface area contributed by atoms with Crippen molar-refractivity contribution in [3.05, 3.63) is 59.7 Å². The van der Waals surface area contributed by atoms with Gasteiger partial charge in [0.15, 0.2) is 0 Å². The van der Waals surface area contributed by atoms with Crippen LogP contribution in [-0.4, -0.2) is 5.38 Å². The van der Waals surface area contributed by atoms with E-state index in [-0.39, 0.29) is 0 Å². The van der Waals surface area contributed by atoms with Crippen LogP contribution in [0.5, 0.6) is 0 Å². The Labute approximate surface area is 163 Å². The molecule has 5 heteroatoms. The van der Waals surface area contributed by atoms with Crippen LogP contribution in [-0.2, 0) is 12.3 Å². The lowest BCUT2D eigenvalue weighted by atomic mass is 9.99. The number of rotatable bonds is 10. The van der Waals surface area contributed by atoms with E-state index in [4.69, 9.17) is 0 Å². The Hall–Kier alpha value is -1.55. The van der Waals surface area contributed by atoms with Gasteiger partial charge in [-0.2, -0.15) is 17.6 Å². The molecule has 148 valence electrons. The van der Waals surface area contributed by atoms with E-state index in [9.17, 15) is 17.6 Å². The summed E-state index contributed by atoms with van der Waals surface area (Å²) in [5.74, 6) is -4.41. The molecule has 27 heavy (non-hydrogen) atoms. The fraction of sp³-hybridized carbons (Fsp3) is 0.455. The van der Waals surface area contributed by atoms with Crippen molar-refractivity contribution in [2.45, 2.75) is 63.2 Å². The molecule has 0 spiro atoms. The number of unbranched alkanes of at least 4 members (excludes halogenated alkanes) is 5. The largest absolute Gasteiger partial charge is 0.388 e. The standard InChI is InChI=1S/C22H25ClF4/c1-2-3-4-5-6-7-8-17-9-11-18(12-10-17)19-13-15-20(16-14-19)21(24,25)22(23,26)27/h9-16H,2-8H2,1H3. The van der Waals surface area contributed by atoms with Gasteiger partial charge in [0.2, 0.25) is 0 Å². The second-order valence-electron chi connectivity index (χ2n) is 6.86. The Bertz CT molecular complexity index is 688. The summed E-state index contributed by atoms with van der Waals surface area (Å²) in [6.07, 6.45) is 8.49. The van der Waals surface area contributed by atoms with Crippen LogP contribution in [0.25, 0.3) is 11.1 Å². The number of benzene rings is 2. The Morgan fingerprint density at radius 2 is 1.19 bits per heavy atom. The molecule has 0 saturated heterocycles. The Morgan fingerprint density at radius 1 is 0.704 bits per heavy atom. The zero-order valence-corrected chi connectivity index (χ0v) is 16.2. The van der Waals surface area contributed by atoms with Gasteiger partial charge in [0, 0.05) is 5.56 Å². The van der Waals surface area contributed by atoms with E-state index in [1.807, 2.05) is 24.3 Å². The number of halogens is 5. The summed E-state index contributed by atoms with van der Waals surface area (Å²) < 4.78 is 52.9. The molecule has 0 bridgehead atoms. The van der Waals surface area contributed by atoms with E-state index in [1.165, 1.54) is 49.8 Å². The summed E-state index contributed by atoms with van der Waals surface area (Å²) in [7, 11) is 0. The molecule has 0 radical (unpaired) electrons. The summed E-state index contributed by atoms with van der Waals surface area (Å²) in [6, 6.07) is 12.7. The Kier molecular flexibility index (Phi) is 7.72. The summed E-state index contributed by atoms with van der Waals surface area (Å²) in [4.78, 5) is 0. The molecule has 0 aliphatic heterocycles. The predicted octanol–water partition coefficient (Wildman–Crippen LogP) is 8.18. The lowest BCUT2D eigenvalue weighted by Crippen LogP contribution is -2.32. The Morgan fingerprint density at radius 3 is 1.70 bits per heavy atom. The van der Waals surface area contributed by atoms with Crippen LogP contribution in [0.3, 0.4) is 0 Å². The first kappa shape index (κ1) is 21.7. The molecule has 0 atom stereocenters. The zero-order chi connectivity index (χ0) is 19.9.